The first-order valence-corrected chi connectivity index (χ1v) is 15.5. The van der Waals surface area contributed by atoms with Crippen LogP contribution in [0.5, 0.6) is 34.8 Å². The van der Waals surface area contributed by atoms with Crippen molar-refractivity contribution in [3.63, 3.8) is 0 Å². The number of aromatic carboxylic acids is 2. The summed E-state index contributed by atoms with van der Waals surface area (Å²) in [6.07, 6.45) is -5.24. The lowest BCUT2D eigenvalue weighted by Crippen LogP contribution is -2.18. The van der Waals surface area contributed by atoms with Gasteiger partial charge in [0.25, 0.3) is 11.8 Å². The average molecular weight is 775 g/mol. The first-order chi connectivity index (χ1) is 26.3. The van der Waals surface area contributed by atoms with E-state index in [4.69, 9.17) is 25.8 Å². The van der Waals surface area contributed by atoms with Gasteiger partial charge < -0.3 is 29.2 Å². The summed E-state index contributed by atoms with van der Waals surface area (Å²) in [4.78, 5) is 22.7. The number of ether oxygens (including phenoxy) is 4. The molecular formula is C36H19ClF4N6O8. The molecular weight excluding hydrogens is 756 g/mol. The van der Waals surface area contributed by atoms with Crippen LogP contribution in [0.25, 0.3) is 11.1 Å². The molecule has 2 heterocycles. The van der Waals surface area contributed by atoms with E-state index in [1.807, 2.05) is 5.10 Å². The van der Waals surface area contributed by atoms with Gasteiger partial charge in [-0.1, -0.05) is 80.2 Å². The van der Waals surface area contributed by atoms with Crippen LogP contribution in [-0.4, -0.2) is 66.4 Å². The highest BCUT2D eigenvalue weighted by atomic mass is 35.5. The molecule has 0 radical (unpaired) electrons. The molecule has 276 valence electrons. The summed E-state index contributed by atoms with van der Waals surface area (Å²) in [5.41, 5.74) is 0.680. The zero-order valence-corrected chi connectivity index (χ0v) is 28.2. The van der Waals surface area contributed by atoms with Crippen molar-refractivity contribution in [1.29, 1.82) is 0 Å². The summed E-state index contributed by atoms with van der Waals surface area (Å²) in [5.74, 6) is 4.63. The summed E-state index contributed by atoms with van der Waals surface area (Å²) in [7, 11) is 1.38. The third-order valence-electron chi connectivity index (χ3n) is 7.11. The number of nitrogens with zero attached hydrogens (tertiary/aromatic N) is 4. The molecule has 0 atom stereocenters. The fourth-order valence-corrected chi connectivity index (χ4v) is 4.96. The van der Waals surface area contributed by atoms with Gasteiger partial charge in [-0.15, -0.1) is 13.2 Å². The maximum atomic E-state index is 15.2. The molecule has 0 spiro atoms. The van der Waals surface area contributed by atoms with Crippen molar-refractivity contribution in [3.8, 4) is 69.6 Å². The molecule has 14 nitrogen and oxygen atoms in total. The van der Waals surface area contributed by atoms with Crippen LogP contribution in [0.3, 0.4) is 0 Å². The second-order valence-corrected chi connectivity index (χ2v) is 11.2. The molecule has 4 N–H and O–H groups in total. The molecule has 6 rings (SSSR count). The van der Waals surface area contributed by atoms with Gasteiger partial charge in [0.15, 0.2) is 5.75 Å². The number of carboxylic acids is 2. The lowest BCUT2D eigenvalue weighted by Gasteiger charge is -2.13. The largest absolute Gasteiger partial charge is 0.573 e. The zero-order valence-electron chi connectivity index (χ0n) is 27.5. The van der Waals surface area contributed by atoms with E-state index in [9.17, 15) is 33.0 Å². The summed E-state index contributed by atoms with van der Waals surface area (Å²) in [6.45, 7) is 0. The summed E-state index contributed by atoms with van der Waals surface area (Å²) in [6, 6.07) is 17.8. The standard InChI is InChI=1S/C36H19ClF4N6O8/c1-52-28-17-23(53-32-30(34(48)49)42-46-44-32)14-22(29(28)37)10-8-18-4-2-6-20(12-18)21-7-3-5-19(13-21)9-11-25-26(38)15-24(16-27(25)55-36(39,40)41)54-33-31(35(50)51)43-47-45-33/h2-7,12-17H,1H3,(H,48,49)(H,50,51)(H,42,44,46)(H,43,45,47). The number of methoxy groups -OCH3 is 1. The predicted molar refractivity (Wildman–Crippen MR) is 182 cm³/mol. The van der Waals surface area contributed by atoms with E-state index in [1.165, 1.54) is 19.2 Å². The zero-order chi connectivity index (χ0) is 39.3. The Hall–Kier alpha value is -7.57. The van der Waals surface area contributed by atoms with E-state index < -0.39 is 52.8 Å². The first kappa shape index (κ1) is 37.2. The monoisotopic (exact) mass is 774 g/mol. The number of hydrogen-bond donors (Lipinski definition) is 4. The third-order valence-corrected chi connectivity index (χ3v) is 7.50. The Morgan fingerprint density at radius 3 is 1.80 bits per heavy atom. The number of hydrogen-bond acceptors (Lipinski definition) is 10. The van der Waals surface area contributed by atoms with Crippen LogP contribution >= 0.6 is 11.6 Å². The minimum absolute atomic E-state index is 0.121. The molecule has 0 saturated carbocycles. The van der Waals surface area contributed by atoms with Crippen LogP contribution in [0.4, 0.5) is 17.6 Å². The van der Waals surface area contributed by atoms with Gasteiger partial charge in [-0.2, -0.15) is 0 Å². The molecule has 0 bridgehead atoms. The number of aromatic nitrogens is 6. The van der Waals surface area contributed by atoms with E-state index >= 15 is 4.39 Å². The van der Waals surface area contributed by atoms with E-state index in [2.05, 4.69) is 54.1 Å². The van der Waals surface area contributed by atoms with Gasteiger partial charge in [0, 0.05) is 29.3 Å². The van der Waals surface area contributed by atoms with Gasteiger partial charge in [-0.05, 0) is 41.5 Å². The Morgan fingerprint density at radius 1 is 0.745 bits per heavy atom. The van der Waals surface area contributed by atoms with Gasteiger partial charge in [-0.3, -0.25) is 0 Å². The molecule has 0 unspecified atom stereocenters. The molecule has 55 heavy (non-hydrogen) atoms. The number of H-pyrrole nitrogens is 2. The molecule has 0 saturated heterocycles. The fraction of sp³-hybridized carbons (Fsp3) is 0.0556. The van der Waals surface area contributed by atoms with Crippen molar-refractivity contribution in [2.24, 2.45) is 0 Å². The van der Waals surface area contributed by atoms with E-state index in [0.717, 1.165) is 0 Å². The van der Waals surface area contributed by atoms with Crippen LogP contribution in [0, 0.1) is 29.5 Å². The van der Waals surface area contributed by atoms with Crippen LogP contribution in [-0.2, 0) is 0 Å². The topological polar surface area (TPSA) is 195 Å². The molecule has 0 aliphatic carbocycles. The van der Waals surface area contributed by atoms with Crippen molar-refractivity contribution in [2.75, 3.05) is 7.11 Å². The highest BCUT2D eigenvalue weighted by Crippen LogP contribution is 2.36. The Morgan fingerprint density at radius 2 is 1.27 bits per heavy atom. The number of aromatic amines is 2. The molecule has 19 heteroatoms. The lowest BCUT2D eigenvalue weighted by atomic mass is 10.0. The molecule has 0 amide bonds. The van der Waals surface area contributed by atoms with Crippen molar-refractivity contribution in [2.45, 2.75) is 6.36 Å². The third kappa shape index (κ3) is 8.91. The second kappa shape index (κ2) is 15.6. The minimum atomic E-state index is -5.24. The maximum Gasteiger partial charge on any atom is 0.573 e. The van der Waals surface area contributed by atoms with E-state index in [1.54, 1.807) is 48.5 Å². The molecule has 6 aromatic rings. The van der Waals surface area contributed by atoms with Gasteiger partial charge >= 0.3 is 18.3 Å². The minimum Gasteiger partial charge on any atom is -0.495 e. The SMILES string of the molecule is COc1cc(Oc2nn[nH]c2C(=O)O)cc(C#Cc2cccc(-c3cccc(C#Cc4c(F)cc(Oc5nn[nH]c5C(=O)O)cc4OC(F)(F)F)c3)c2)c1Cl. The predicted octanol–water partition coefficient (Wildman–Crippen LogP) is 7.07. The lowest BCUT2D eigenvalue weighted by molar-refractivity contribution is -0.274. The Bertz CT molecular complexity index is 2590. The number of alkyl halides is 3. The van der Waals surface area contributed by atoms with Crippen molar-refractivity contribution >= 4 is 23.5 Å². The second-order valence-electron chi connectivity index (χ2n) is 10.8. The fourth-order valence-electron chi connectivity index (χ4n) is 4.72. The summed E-state index contributed by atoms with van der Waals surface area (Å²) < 4.78 is 75.3. The highest BCUT2D eigenvalue weighted by Gasteiger charge is 2.33. The molecule has 2 aromatic heterocycles. The maximum absolute atomic E-state index is 15.2. The average Bonchev–Trinajstić information content (AvgIpc) is 3.81. The number of halogens is 5. The van der Waals surface area contributed by atoms with Gasteiger partial charge in [-0.25, -0.2) is 24.2 Å². The normalized spacial score (nSPS) is 10.7. The van der Waals surface area contributed by atoms with Gasteiger partial charge in [0.2, 0.25) is 11.4 Å². The van der Waals surface area contributed by atoms with E-state index in [-0.39, 0.29) is 33.7 Å². The Balaban J connectivity index is 1.27. The first-order valence-electron chi connectivity index (χ1n) is 15.1. The van der Waals surface area contributed by atoms with Crippen LogP contribution in [0.1, 0.15) is 43.2 Å². The van der Waals surface area contributed by atoms with E-state index in [0.29, 0.717) is 34.4 Å². The molecule has 0 aliphatic heterocycles. The van der Waals surface area contributed by atoms with Crippen LogP contribution in [0.2, 0.25) is 5.02 Å². The Kier molecular flexibility index (Phi) is 10.5. The number of benzene rings is 4. The number of carbonyl (C=O) groups is 2. The van der Waals surface area contributed by atoms with Crippen molar-refractivity contribution < 1.29 is 56.3 Å². The van der Waals surface area contributed by atoms with Crippen LogP contribution < -0.4 is 18.9 Å². The van der Waals surface area contributed by atoms with Crippen molar-refractivity contribution in [1.82, 2.24) is 30.8 Å². The smallest absolute Gasteiger partial charge is 0.495 e. The molecule has 0 aliphatic rings. The number of carboxylic acid groups (broad SMARTS) is 2. The quantitative estimate of drug-likeness (QED) is 0.0863. The number of rotatable bonds is 9. The van der Waals surface area contributed by atoms with Gasteiger partial charge in [0.05, 0.1) is 17.7 Å². The Labute approximate surface area is 310 Å². The molecule has 0 fully saturated rings. The number of nitrogens with one attached hydrogen (secondary N) is 2. The van der Waals surface area contributed by atoms with Gasteiger partial charge in [0.1, 0.15) is 28.6 Å². The molecule has 4 aromatic carbocycles. The highest BCUT2D eigenvalue weighted by molar-refractivity contribution is 6.33. The van der Waals surface area contributed by atoms with Crippen molar-refractivity contribution in [3.05, 3.63) is 117 Å². The summed E-state index contributed by atoms with van der Waals surface area (Å²) in [5, 5.41) is 36.7. The summed E-state index contributed by atoms with van der Waals surface area (Å²) >= 11 is 6.49. The van der Waals surface area contributed by atoms with Crippen LogP contribution in [0.15, 0.2) is 72.8 Å².